The molecule has 1 aromatic carbocycles. The first-order chi connectivity index (χ1) is 8.48. The fraction of sp³-hybridized carbons (Fsp3) is 0.500. The molecular weight excluding hydrogens is 232 g/mol. The van der Waals surface area contributed by atoms with Gasteiger partial charge in [-0.05, 0) is 32.9 Å². The van der Waals surface area contributed by atoms with Crippen LogP contribution in [0.1, 0.15) is 31.1 Å². The van der Waals surface area contributed by atoms with Gasteiger partial charge >= 0.3 is 0 Å². The molecule has 0 aliphatic carbocycles. The number of carbonyl (C=O) groups excluding carboxylic acids is 1. The SMILES string of the molecule is COc1cccc(C=O)c1OCCOC(C)(C)C. The molecule has 0 aliphatic heterocycles. The Bertz CT molecular complexity index is 393. The molecule has 1 aromatic rings. The Labute approximate surface area is 108 Å². The molecule has 0 aromatic heterocycles. The molecule has 0 amide bonds. The molecule has 0 N–H and O–H groups in total. The Hall–Kier alpha value is -1.55. The molecule has 4 nitrogen and oxygen atoms in total. The molecule has 100 valence electrons. The van der Waals surface area contributed by atoms with Gasteiger partial charge in [0.05, 0.1) is 24.9 Å². The van der Waals surface area contributed by atoms with Gasteiger partial charge in [-0.25, -0.2) is 0 Å². The highest BCUT2D eigenvalue weighted by Crippen LogP contribution is 2.29. The van der Waals surface area contributed by atoms with Crippen LogP contribution in [0.15, 0.2) is 18.2 Å². The molecule has 4 heteroatoms. The summed E-state index contributed by atoms with van der Waals surface area (Å²) in [6.45, 7) is 6.77. The summed E-state index contributed by atoms with van der Waals surface area (Å²) in [5, 5.41) is 0. The summed E-state index contributed by atoms with van der Waals surface area (Å²) in [7, 11) is 1.54. The van der Waals surface area contributed by atoms with Gasteiger partial charge in [-0.2, -0.15) is 0 Å². The number of para-hydroxylation sites is 1. The highest BCUT2D eigenvalue weighted by Gasteiger charge is 2.12. The third-order valence-corrected chi connectivity index (χ3v) is 2.22. The van der Waals surface area contributed by atoms with Crippen molar-refractivity contribution in [3.8, 4) is 11.5 Å². The summed E-state index contributed by atoms with van der Waals surface area (Å²) in [4.78, 5) is 10.9. The lowest BCUT2D eigenvalue weighted by Gasteiger charge is -2.20. The minimum Gasteiger partial charge on any atom is -0.493 e. The number of aldehydes is 1. The Kier molecular flexibility index (Phi) is 5.16. The summed E-state index contributed by atoms with van der Waals surface area (Å²) in [6, 6.07) is 5.20. The van der Waals surface area contributed by atoms with Gasteiger partial charge in [-0.1, -0.05) is 6.07 Å². The van der Waals surface area contributed by atoms with Gasteiger partial charge in [0.25, 0.3) is 0 Å². The standard InChI is InChI=1S/C14H20O4/c1-14(2,3)18-9-8-17-13-11(10-15)6-5-7-12(13)16-4/h5-7,10H,8-9H2,1-4H3. The monoisotopic (exact) mass is 252 g/mol. The molecule has 0 saturated carbocycles. The number of rotatable bonds is 6. The van der Waals surface area contributed by atoms with Crippen LogP contribution in [-0.4, -0.2) is 32.2 Å². The Morgan fingerprint density at radius 3 is 2.50 bits per heavy atom. The number of methoxy groups -OCH3 is 1. The van der Waals surface area contributed by atoms with Gasteiger partial charge in [-0.3, -0.25) is 4.79 Å². The van der Waals surface area contributed by atoms with Crippen molar-refractivity contribution in [3.63, 3.8) is 0 Å². The van der Waals surface area contributed by atoms with Crippen LogP contribution >= 0.6 is 0 Å². The van der Waals surface area contributed by atoms with Crippen molar-refractivity contribution in [1.29, 1.82) is 0 Å². The van der Waals surface area contributed by atoms with Crippen LogP contribution in [0.25, 0.3) is 0 Å². The van der Waals surface area contributed by atoms with Gasteiger partial charge in [0.2, 0.25) is 0 Å². The van der Waals surface area contributed by atoms with Crippen LogP contribution in [0.4, 0.5) is 0 Å². The number of hydrogen-bond acceptors (Lipinski definition) is 4. The Balaban J connectivity index is 2.63. The zero-order chi connectivity index (χ0) is 13.6. The normalized spacial score (nSPS) is 11.1. The summed E-state index contributed by atoms with van der Waals surface area (Å²) in [5.74, 6) is 1.02. The summed E-state index contributed by atoms with van der Waals surface area (Å²) < 4.78 is 16.3. The molecule has 1 rings (SSSR count). The predicted octanol–water partition coefficient (Wildman–Crippen LogP) is 2.70. The number of hydrogen-bond donors (Lipinski definition) is 0. The van der Waals surface area contributed by atoms with Crippen LogP contribution in [0.2, 0.25) is 0 Å². The topological polar surface area (TPSA) is 44.8 Å². The van der Waals surface area contributed by atoms with E-state index < -0.39 is 0 Å². The van der Waals surface area contributed by atoms with E-state index >= 15 is 0 Å². The lowest BCUT2D eigenvalue weighted by Crippen LogP contribution is -2.22. The summed E-state index contributed by atoms with van der Waals surface area (Å²) >= 11 is 0. The quantitative estimate of drug-likeness (QED) is 0.577. The fourth-order valence-electron chi connectivity index (χ4n) is 1.43. The maximum Gasteiger partial charge on any atom is 0.171 e. The van der Waals surface area contributed by atoms with E-state index in [4.69, 9.17) is 14.2 Å². The van der Waals surface area contributed by atoms with Crippen molar-refractivity contribution in [2.45, 2.75) is 26.4 Å². The zero-order valence-electron chi connectivity index (χ0n) is 11.4. The lowest BCUT2D eigenvalue weighted by atomic mass is 10.2. The largest absolute Gasteiger partial charge is 0.493 e. The average Bonchev–Trinajstić information content (AvgIpc) is 2.33. The second-order valence-electron chi connectivity index (χ2n) is 4.81. The third kappa shape index (κ3) is 4.37. The lowest BCUT2D eigenvalue weighted by molar-refractivity contribution is -0.0165. The van der Waals surface area contributed by atoms with Gasteiger partial charge < -0.3 is 14.2 Å². The van der Waals surface area contributed by atoms with Crippen LogP contribution in [-0.2, 0) is 4.74 Å². The zero-order valence-corrected chi connectivity index (χ0v) is 11.4. The van der Waals surface area contributed by atoms with Crippen molar-refractivity contribution in [1.82, 2.24) is 0 Å². The van der Waals surface area contributed by atoms with E-state index in [2.05, 4.69) is 0 Å². The molecule has 0 heterocycles. The average molecular weight is 252 g/mol. The molecule has 0 bridgehead atoms. The molecule has 0 fully saturated rings. The third-order valence-electron chi connectivity index (χ3n) is 2.22. The van der Waals surface area contributed by atoms with Crippen LogP contribution in [0.5, 0.6) is 11.5 Å². The van der Waals surface area contributed by atoms with E-state index in [1.54, 1.807) is 25.3 Å². The van der Waals surface area contributed by atoms with Gasteiger partial charge in [0.1, 0.15) is 6.61 Å². The van der Waals surface area contributed by atoms with Gasteiger partial charge in [0, 0.05) is 0 Å². The van der Waals surface area contributed by atoms with E-state index in [1.807, 2.05) is 20.8 Å². The Morgan fingerprint density at radius 2 is 1.94 bits per heavy atom. The smallest absolute Gasteiger partial charge is 0.171 e. The van der Waals surface area contributed by atoms with E-state index in [0.717, 1.165) is 6.29 Å². The minimum absolute atomic E-state index is 0.197. The predicted molar refractivity (Wildman–Crippen MR) is 69.6 cm³/mol. The van der Waals surface area contributed by atoms with Crippen LogP contribution < -0.4 is 9.47 Å². The fourth-order valence-corrected chi connectivity index (χ4v) is 1.43. The van der Waals surface area contributed by atoms with Gasteiger partial charge in [-0.15, -0.1) is 0 Å². The summed E-state index contributed by atoms with van der Waals surface area (Å²) in [5.41, 5.74) is 0.280. The second kappa shape index (κ2) is 6.40. The summed E-state index contributed by atoms with van der Waals surface area (Å²) in [6.07, 6.45) is 0.752. The number of benzene rings is 1. The molecular formula is C14H20O4. The molecule has 0 saturated heterocycles. The van der Waals surface area contributed by atoms with Crippen molar-refractivity contribution >= 4 is 6.29 Å². The van der Waals surface area contributed by atoms with Crippen molar-refractivity contribution < 1.29 is 19.0 Å². The maximum atomic E-state index is 10.9. The minimum atomic E-state index is -0.197. The number of carbonyl (C=O) groups is 1. The highest BCUT2D eigenvalue weighted by molar-refractivity contribution is 5.81. The van der Waals surface area contributed by atoms with E-state index in [0.29, 0.717) is 30.3 Å². The first-order valence-corrected chi connectivity index (χ1v) is 5.87. The van der Waals surface area contributed by atoms with Crippen molar-refractivity contribution in [3.05, 3.63) is 23.8 Å². The molecule has 18 heavy (non-hydrogen) atoms. The van der Waals surface area contributed by atoms with Crippen molar-refractivity contribution in [2.75, 3.05) is 20.3 Å². The van der Waals surface area contributed by atoms with E-state index in [1.165, 1.54) is 0 Å². The highest BCUT2D eigenvalue weighted by atomic mass is 16.5. The Morgan fingerprint density at radius 1 is 1.22 bits per heavy atom. The molecule has 0 spiro atoms. The first-order valence-electron chi connectivity index (χ1n) is 5.87. The molecule has 0 unspecified atom stereocenters. The second-order valence-corrected chi connectivity index (χ2v) is 4.81. The van der Waals surface area contributed by atoms with E-state index in [-0.39, 0.29) is 5.60 Å². The maximum absolute atomic E-state index is 10.9. The number of ether oxygens (including phenoxy) is 3. The first kappa shape index (κ1) is 14.5. The molecule has 0 radical (unpaired) electrons. The van der Waals surface area contributed by atoms with Gasteiger partial charge in [0.15, 0.2) is 17.8 Å². The molecule has 0 aliphatic rings. The van der Waals surface area contributed by atoms with Crippen LogP contribution in [0, 0.1) is 0 Å². The van der Waals surface area contributed by atoms with Crippen molar-refractivity contribution in [2.24, 2.45) is 0 Å². The van der Waals surface area contributed by atoms with Crippen LogP contribution in [0.3, 0.4) is 0 Å². The molecule has 0 atom stereocenters. The van der Waals surface area contributed by atoms with E-state index in [9.17, 15) is 4.79 Å².